The van der Waals surface area contributed by atoms with Crippen molar-refractivity contribution in [1.29, 1.82) is 0 Å². The molecular formula is C21H22N2O4. The second kappa shape index (κ2) is 8.89. The molecule has 1 aromatic heterocycles. The number of benzene rings is 2. The van der Waals surface area contributed by atoms with Gasteiger partial charge in [0.05, 0.1) is 19.9 Å². The van der Waals surface area contributed by atoms with Crippen molar-refractivity contribution in [2.24, 2.45) is 0 Å². The largest absolute Gasteiger partial charge is 0.493 e. The maximum atomic E-state index is 12.1. The van der Waals surface area contributed by atoms with Gasteiger partial charge in [0.25, 0.3) is 0 Å². The Morgan fingerprint density at radius 2 is 1.81 bits per heavy atom. The summed E-state index contributed by atoms with van der Waals surface area (Å²) in [5.41, 5.74) is 2.56. The minimum absolute atomic E-state index is 0.147. The summed E-state index contributed by atoms with van der Waals surface area (Å²) in [6, 6.07) is 17.2. The molecule has 0 bridgehead atoms. The molecule has 0 radical (unpaired) electrons. The minimum Gasteiger partial charge on any atom is -0.493 e. The molecule has 1 heterocycles. The molecule has 0 spiro atoms. The van der Waals surface area contributed by atoms with Crippen LogP contribution in [0, 0.1) is 0 Å². The predicted molar refractivity (Wildman–Crippen MR) is 101 cm³/mol. The Balaban J connectivity index is 1.53. The van der Waals surface area contributed by atoms with E-state index < -0.39 is 0 Å². The van der Waals surface area contributed by atoms with Crippen LogP contribution < -0.4 is 9.47 Å². The molecule has 3 rings (SSSR count). The third-order valence-corrected chi connectivity index (χ3v) is 4.13. The lowest BCUT2D eigenvalue weighted by Gasteiger charge is -2.12. The van der Waals surface area contributed by atoms with Crippen LogP contribution in [0.2, 0.25) is 0 Å². The van der Waals surface area contributed by atoms with Gasteiger partial charge in [-0.3, -0.25) is 4.79 Å². The fourth-order valence-electron chi connectivity index (χ4n) is 2.78. The topological polar surface area (TPSA) is 62.6 Å². The standard InChI is InChI=1S/C21H22N2O4/c1-25-19-10-6-7-16(21(19)26-2)11-12-20(24)27-15-17-13-14-23(22-17)18-8-4-3-5-9-18/h3-10,13-14H,11-12,15H2,1-2H3. The maximum absolute atomic E-state index is 12.1. The van der Waals surface area contributed by atoms with Crippen molar-refractivity contribution >= 4 is 5.97 Å². The van der Waals surface area contributed by atoms with Crippen LogP contribution >= 0.6 is 0 Å². The summed E-state index contributed by atoms with van der Waals surface area (Å²) < 4.78 is 17.8. The second-order valence-electron chi connectivity index (χ2n) is 5.90. The molecule has 6 heteroatoms. The van der Waals surface area contributed by atoms with Crippen molar-refractivity contribution in [3.05, 3.63) is 72.1 Å². The zero-order valence-corrected chi connectivity index (χ0v) is 15.4. The van der Waals surface area contributed by atoms with Crippen molar-refractivity contribution < 1.29 is 19.0 Å². The highest BCUT2D eigenvalue weighted by molar-refractivity contribution is 5.70. The van der Waals surface area contributed by atoms with Gasteiger partial charge in [-0.1, -0.05) is 30.3 Å². The molecule has 0 aliphatic carbocycles. The number of esters is 1. The molecule has 0 aliphatic heterocycles. The fourth-order valence-corrected chi connectivity index (χ4v) is 2.78. The van der Waals surface area contributed by atoms with Gasteiger partial charge >= 0.3 is 5.97 Å². The Labute approximate surface area is 158 Å². The SMILES string of the molecule is COc1cccc(CCC(=O)OCc2ccn(-c3ccccc3)n2)c1OC. The van der Waals surface area contributed by atoms with E-state index in [0.717, 1.165) is 11.3 Å². The Hall–Kier alpha value is -3.28. The van der Waals surface area contributed by atoms with Crippen LogP contribution in [-0.2, 0) is 22.6 Å². The van der Waals surface area contributed by atoms with Crippen molar-refractivity contribution in [3.63, 3.8) is 0 Å². The molecule has 0 saturated heterocycles. The van der Waals surface area contributed by atoms with Crippen molar-refractivity contribution in [1.82, 2.24) is 9.78 Å². The highest BCUT2D eigenvalue weighted by atomic mass is 16.5. The Morgan fingerprint density at radius 1 is 1.00 bits per heavy atom. The molecule has 0 fully saturated rings. The number of nitrogens with zero attached hydrogens (tertiary/aromatic N) is 2. The van der Waals surface area contributed by atoms with Crippen LogP contribution in [0.25, 0.3) is 5.69 Å². The average molecular weight is 366 g/mol. The third kappa shape index (κ3) is 4.67. The summed E-state index contributed by atoms with van der Waals surface area (Å²) in [5, 5.41) is 4.42. The molecular weight excluding hydrogens is 344 g/mol. The first-order valence-electron chi connectivity index (χ1n) is 8.66. The Bertz CT molecular complexity index is 890. The smallest absolute Gasteiger partial charge is 0.306 e. The molecule has 0 saturated carbocycles. The summed E-state index contributed by atoms with van der Waals surface area (Å²) in [4.78, 5) is 12.1. The number of rotatable bonds is 8. The summed E-state index contributed by atoms with van der Waals surface area (Å²) in [7, 11) is 3.17. The van der Waals surface area contributed by atoms with Gasteiger partial charge in [-0.05, 0) is 36.2 Å². The van der Waals surface area contributed by atoms with Gasteiger partial charge < -0.3 is 14.2 Å². The summed E-state index contributed by atoms with van der Waals surface area (Å²) in [6.45, 7) is 0.147. The monoisotopic (exact) mass is 366 g/mol. The number of aryl methyl sites for hydroxylation is 1. The average Bonchev–Trinajstić information content (AvgIpc) is 3.20. The lowest BCUT2D eigenvalue weighted by Crippen LogP contribution is -2.07. The lowest BCUT2D eigenvalue weighted by molar-refractivity contribution is -0.145. The van der Waals surface area contributed by atoms with Crippen molar-refractivity contribution in [3.8, 4) is 17.2 Å². The van der Waals surface area contributed by atoms with Crippen LogP contribution in [0.3, 0.4) is 0 Å². The highest BCUT2D eigenvalue weighted by Crippen LogP contribution is 2.31. The van der Waals surface area contributed by atoms with Gasteiger partial charge in [-0.25, -0.2) is 4.68 Å². The van der Waals surface area contributed by atoms with Gasteiger partial charge in [-0.2, -0.15) is 5.10 Å². The van der Waals surface area contributed by atoms with E-state index in [1.807, 2.05) is 60.8 Å². The number of aromatic nitrogens is 2. The molecule has 2 aromatic carbocycles. The minimum atomic E-state index is -0.283. The van der Waals surface area contributed by atoms with Crippen LogP contribution in [-0.4, -0.2) is 30.0 Å². The van der Waals surface area contributed by atoms with Gasteiger partial charge in [0, 0.05) is 12.6 Å². The van der Waals surface area contributed by atoms with Crippen LogP contribution in [0.5, 0.6) is 11.5 Å². The zero-order valence-electron chi connectivity index (χ0n) is 15.4. The van der Waals surface area contributed by atoms with E-state index in [0.29, 0.717) is 23.6 Å². The normalized spacial score (nSPS) is 10.4. The van der Waals surface area contributed by atoms with Crippen molar-refractivity contribution in [2.75, 3.05) is 14.2 Å². The van der Waals surface area contributed by atoms with E-state index in [-0.39, 0.29) is 19.0 Å². The van der Waals surface area contributed by atoms with E-state index in [1.165, 1.54) is 0 Å². The second-order valence-corrected chi connectivity index (χ2v) is 5.90. The first kappa shape index (κ1) is 18.5. The van der Waals surface area contributed by atoms with E-state index in [2.05, 4.69) is 5.10 Å². The number of carbonyl (C=O) groups excluding carboxylic acids is 1. The number of methoxy groups -OCH3 is 2. The van der Waals surface area contributed by atoms with E-state index >= 15 is 0 Å². The number of hydrogen-bond acceptors (Lipinski definition) is 5. The maximum Gasteiger partial charge on any atom is 0.306 e. The summed E-state index contributed by atoms with van der Waals surface area (Å²) in [5.74, 6) is 1.01. The Morgan fingerprint density at radius 3 is 2.56 bits per heavy atom. The van der Waals surface area contributed by atoms with E-state index in [9.17, 15) is 4.79 Å². The highest BCUT2D eigenvalue weighted by Gasteiger charge is 2.12. The van der Waals surface area contributed by atoms with E-state index in [4.69, 9.17) is 14.2 Å². The summed E-state index contributed by atoms with van der Waals surface area (Å²) >= 11 is 0. The molecule has 0 atom stereocenters. The van der Waals surface area contributed by atoms with Gasteiger partial charge in [0.1, 0.15) is 12.3 Å². The number of carbonyl (C=O) groups is 1. The summed E-state index contributed by atoms with van der Waals surface area (Å²) in [6.07, 6.45) is 2.61. The molecule has 0 N–H and O–H groups in total. The quantitative estimate of drug-likeness (QED) is 0.571. The van der Waals surface area contributed by atoms with Crippen LogP contribution in [0.4, 0.5) is 0 Å². The fraction of sp³-hybridized carbons (Fsp3) is 0.238. The number of ether oxygens (including phenoxy) is 3. The first-order valence-corrected chi connectivity index (χ1v) is 8.66. The molecule has 3 aromatic rings. The van der Waals surface area contributed by atoms with Crippen molar-refractivity contribution in [2.45, 2.75) is 19.4 Å². The first-order chi connectivity index (χ1) is 13.2. The molecule has 140 valence electrons. The van der Waals surface area contributed by atoms with Gasteiger partial charge in [-0.15, -0.1) is 0 Å². The molecule has 0 aliphatic rings. The predicted octanol–water partition coefficient (Wildman–Crippen LogP) is 3.57. The Kier molecular flexibility index (Phi) is 6.10. The van der Waals surface area contributed by atoms with Gasteiger partial charge in [0.15, 0.2) is 11.5 Å². The van der Waals surface area contributed by atoms with E-state index in [1.54, 1.807) is 18.9 Å². The number of para-hydroxylation sites is 2. The zero-order chi connectivity index (χ0) is 19.1. The van der Waals surface area contributed by atoms with Crippen LogP contribution in [0.1, 0.15) is 17.7 Å². The molecule has 0 unspecified atom stereocenters. The number of hydrogen-bond donors (Lipinski definition) is 0. The molecule has 0 amide bonds. The molecule has 6 nitrogen and oxygen atoms in total. The molecule has 27 heavy (non-hydrogen) atoms. The third-order valence-electron chi connectivity index (χ3n) is 4.13. The lowest BCUT2D eigenvalue weighted by atomic mass is 10.1. The van der Waals surface area contributed by atoms with Gasteiger partial charge in [0.2, 0.25) is 0 Å². The van der Waals surface area contributed by atoms with Crippen LogP contribution in [0.15, 0.2) is 60.8 Å².